The van der Waals surface area contributed by atoms with E-state index in [4.69, 9.17) is 5.26 Å². The average molecular weight is 228 g/mol. The first kappa shape index (κ1) is 12.1. The van der Waals surface area contributed by atoms with Gasteiger partial charge in [0.1, 0.15) is 0 Å². The summed E-state index contributed by atoms with van der Waals surface area (Å²) < 4.78 is 0. The number of nitrogens with zero attached hydrogens (tertiary/aromatic N) is 2. The van der Waals surface area contributed by atoms with Crippen molar-refractivity contribution in [3.05, 3.63) is 35.4 Å². The lowest BCUT2D eigenvalue weighted by Crippen LogP contribution is -2.30. The Morgan fingerprint density at radius 2 is 1.76 bits per heavy atom. The van der Waals surface area contributed by atoms with Gasteiger partial charge in [0, 0.05) is 0 Å². The Bertz CT molecular complexity index is 369. The number of rotatable bonds is 4. The summed E-state index contributed by atoms with van der Waals surface area (Å²) in [6, 6.07) is 10.1. The summed E-state index contributed by atoms with van der Waals surface area (Å²) in [4.78, 5) is 2.58. The molecule has 0 aromatic heterocycles. The van der Waals surface area contributed by atoms with Crippen LogP contribution < -0.4 is 0 Å². The number of hydrogen-bond acceptors (Lipinski definition) is 2. The topological polar surface area (TPSA) is 27.0 Å². The highest BCUT2D eigenvalue weighted by Crippen LogP contribution is 2.11. The molecule has 0 radical (unpaired) electrons. The van der Waals surface area contributed by atoms with Crippen LogP contribution in [0.2, 0.25) is 0 Å². The third-order valence-electron chi connectivity index (χ3n) is 3.47. The lowest BCUT2D eigenvalue weighted by atomic mass is 10.1. The summed E-state index contributed by atoms with van der Waals surface area (Å²) in [6.07, 6.45) is 6.51. The molecule has 0 atom stereocenters. The van der Waals surface area contributed by atoms with E-state index >= 15 is 0 Å². The fraction of sp³-hybridized carbons (Fsp3) is 0.533. The monoisotopic (exact) mass is 228 g/mol. The molecule has 0 unspecified atom stereocenters. The maximum atomic E-state index is 8.72. The third-order valence-corrected chi connectivity index (χ3v) is 3.47. The van der Waals surface area contributed by atoms with Crippen molar-refractivity contribution in [3.8, 4) is 6.07 Å². The number of nitriles is 1. The van der Waals surface area contributed by atoms with Gasteiger partial charge < -0.3 is 4.90 Å². The van der Waals surface area contributed by atoms with Gasteiger partial charge in [-0.2, -0.15) is 5.26 Å². The van der Waals surface area contributed by atoms with E-state index < -0.39 is 0 Å². The SMILES string of the molecule is N#Cc1ccc(CCCN2CCCCC2)cc1. The van der Waals surface area contributed by atoms with Crippen molar-refractivity contribution in [2.24, 2.45) is 0 Å². The molecular weight excluding hydrogens is 208 g/mol. The van der Waals surface area contributed by atoms with Crippen molar-refractivity contribution in [3.63, 3.8) is 0 Å². The Hall–Kier alpha value is -1.33. The predicted octanol–water partition coefficient (Wildman–Crippen LogP) is 2.98. The van der Waals surface area contributed by atoms with Crippen LogP contribution in [0, 0.1) is 11.3 Å². The van der Waals surface area contributed by atoms with E-state index in [0.29, 0.717) is 0 Å². The summed E-state index contributed by atoms with van der Waals surface area (Å²) >= 11 is 0. The third kappa shape index (κ3) is 3.87. The summed E-state index contributed by atoms with van der Waals surface area (Å²) in [7, 11) is 0. The van der Waals surface area contributed by atoms with Crippen LogP contribution in [0.1, 0.15) is 36.8 Å². The lowest BCUT2D eigenvalue weighted by Gasteiger charge is -2.26. The van der Waals surface area contributed by atoms with Crippen molar-refractivity contribution >= 4 is 0 Å². The van der Waals surface area contributed by atoms with E-state index in [9.17, 15) is 0 Å². The van der Waals surface area contributed by atoms with Gasteiger partial charge in [0.2, 0.25) is 0 Å². The van der Waals surface area contributed by atoms with E-state index in [1.807, 2.05) is 12.1 Å². The van der Waals surface area contributed by atoms with Crippen LogP contribution in [0.25, 0.3) is 0 Å². The second-order valence-corrected chi connectivity index (χ2v) is 4.81. The van der Waals surface area contributed by atoms with Crippen molar-refractivity contribution in [1.29, 1.82) is 5.26 Å². The van der Waals surface area contributed by atoms with Crippen LogP contribution in [0.15, 0.2) is 24.3 Å². The van der Waals surface area contributed by atoms with Crippen molar-refractivity contribution in [2.75, 3.05) is 19.6 Å². The highest BCUT2D eigenvalue weighted by atomic mass is 15.1. The van der Waals surface area contributed by atoms with E-state index in [-0.39, 0.29) is 0 Å². The molecule has 90 valence electrons. The van der Waals surface area contributed by atoms with Crippen LogP contribution in [0.4, 0.5) is 0 Å². The van der Waals surface area contributed by atoms with Crippen molar-refractivity contribution < 1.29 is 0 Å². The zero-order valence-corrected chi connectivity index (χ0v) is 10.4. The molecule has 0 N–H and O–H groups in total. The predicted molar refractivity (Wildman–Crippen MR) is 69.8 cm³/mol. The summed E-state index contributed by atoms with van der Waals surface area (Å²) in [6.45, 7) is 3.79. The molecule has 0 aliphatic carbocycles. The Morgan fingerprint density at radius 1 is 1.06 bits per heavy atom. The first-order valence-corrected chi connectivity index (χ1v) is 6.60. The minimum Gasteiger partial charge on any atom is -0.303 e. The summed E-state index contributed by atoms with van der Waals surface area (Å²) in [5, 5.41) is 8.72. The number of hydrogen-bond donors (Lipinski definition) is 0. The second kappa shape index (κ2) is 6.42. The van der Waals surface area contributed by atoms with Gasteiger partial charge in [-0.1, -0.05) is 18.6 Å². The maximum absolute atomic E-state index is 8.72. The molecule has 1 aliphatic heterocycles. The van der Waals surface area contributed by atoms with E-state index in [0.717, 1.165) is 12.0 Å². The van der Waals surface area contributed by atoms with Gasteiger partial charge >= 0.3 is 0 Å². The van der Waals surface area contributed by atoms with E-state index in [1.54, 1.807) is 0 Å². The van der Waals surface area contributed by atoms with Crippen molar-refractivity contribution in [2.45, 2.75) is 32.1 Å². The van der Waals surface area contributed by atoms with E-state index in [1.165, 1.54) is 50.9 Å². The summed E-state index contributed by atoms with van der Waals surface area (Å²) in [5.74, 6) is 0. The number of piperidine rings is 1. The van der Waals surface area contributed by atoms with Crippen LogP contribution in [-0.4, -0.2) is 24.5 Å². The lowest BCUT2D eigenvalue weighted by molar-refractivity contribution is 0.226. The maximum Gasteiger partial charge on any atom is 0.0991 e. The molecular formula is C15H20N2. The van der Waals surface area contributed by atoms with Gasteiger partial charge in [-0.15, -0.1) is 0 Å². The Morgan fingerprint density at radius 3 is 2.41 bits per heavy atom. The van der Waals surface area contributed by atoms with Gasteiger partial charge in [0.25, 0.3) is 0 Å². The van der Waals surface area contributed by atoms with Crippen LogP contribution in [-0.2, 0) is 6.42 Å². The van der Waals surface area contributed by atoms with Gasteiger partial charge in [-0.25, -0.2) is 0 Å². The highest BCUT2D eigenvalue weighted by Gasteiger charge is 2.08. The van der Waals surface area contributed by atoms with Crippen LogP contribution in [0.5, 0.6) is 0 Å². The summed E-state index contributed by atoms with van der Waals surface area (Å²) in [5.41, 5.74) is 2.10. The standard InChI is InChI=1S/C15H20N2/c16-13-15-8-6-14(7-9-15)5-4-12-17-10-2-1-3-11-17/h6-9H,1-5,10-12H2. The molecule has 1 aromatic rings. The molecule has 2 heteroatoms. The largest absolute Gasteiger partial charge is 0.303 e. The first-order chi connectivity index (χ1) is 8.38. The zero-order valence-electron chi connectivity index (χ0n) is 10.4. The molecule has 2 nitrogen and oxygen atoms in total. The fourth-order valence-corrected chi connectivity index (χ4v) is 2.44. The van der Waals surface area contributed by atoms with Gasteiger partial charge in [0.05, 0.1) is 11.6 Å². The minimum atomic E-state index is 0.754. The first-order valence-electron chi connectivity index (χ1n) is 6.60. The zero-order chi connectivity index (χ0) is 11.9. The molecule has 1 saturated heterocycles. The number of benzene rings is 1. The van der Waals surface area contributed by atoms with E-state index in [2.05, 4.69) is 23.1 Å². The number of aryl methyl sites for hydroxylation is 1. The average Bonchev–Trinajstić information content (AvgIpc) is 2.41. The van der Waals surface area contributed by atoms with Gasteiger partial charge in [0.15, 0.2) is 0 Å². The van der Waals surface area contributed by atoms with Crippen LogP contribution >= 0.6 is 0 Å². The molecule has 1 fully saturated rings. The van der Waals surface area contributed by atoms with Crippen LogP contribution in [0.3, 0.4) is 0 Å². The molecule has 1 aliphatic rings. The molecule has 0 saturated carbocycles. The molecule has 0 spiro atoms. The smallest absolute Gasteiger partial charge is 0.0991 e. The molecule has 1 aromatic carbocycles. The minimum absolute atomic E-state index is 0.754. The second-order valence-electron chi connectivity index (χ2n) is 4.81. The Labute approximate surface area is 104 Å². The van der Waals surface area contributed by atoms with Gasteiger partial charge in [-0.05, 0) is 63.0 Å². The highest BCUT2D eigenvalue weighted by molar-refractivity contribution is 5.31. The normalized spacial score (nSPS) is 16.6. The van der Waals surface area contributed by atoms with Gasteiger partial charge in [-0.3, -0.25) is 0 Å². The molecule has 17 heavy (non-hydrogen) atoms. The quantitative estimate of drug-likeness (QED) is 0.792. The van der Waals surface area contributed by atoms with Crippen molar-refractivity contribution in [1.82, 2.24) is 4.90 Å². The Kier molecular flexibility index (Phi) is 4.58. The number of likely N-dealkylation sites (tertiary alicyclic amines) is 1. The molecule has 2 rings (SSSR count). The molecule has 0 bridgehead atoms. The molecule has 1 heterocycles. The molecule has 0 amide bonds. The fourth-order valence-electron chi connectivity index (χ4n) is 2.44. The Balaban J connectivity index is 1.72.